The largest absolute Gasteiger partial charge is 0.494 e. The van der Waals surface area contributed by atoms with E-state index in [4.69, 9.17) is 11.2 Å². The summed E-state index contributed by atoms with van der Waals surface area (Å²) in [6, 6.07) is 3.62. The van der Waals surface area contributed by atoms with E-state index in [1.165, 1.54) is 12.1 Å². The number of hydrogen-bond acceptors (Lipinski definition) is 1. The van der Waals surface area contributed by atoms with Crippen molar-refractivity contribution in [3.8, 4) is 18.1 Å². The number of ether oxygens (including phenoxy) is 1. The van der Waals surface area contributed by atoms with Crippen molar-refractivity contribution in [2.24, 2.45) is 0 Å². The van der Waals surface area contributed by atoms with Crippen LogP contribution in [0.5, 0.6) is 5.75 Å². The Morgan fingerprint density at radius 2 is 2.06 bits per heavy atom. The van der Waals surface area contributed by atoms with Gasteiger partial charge in [0.25, 0.3) is 0 Å². The second-order valence-electron chi connectivity index (χ2n) is 3.20. The van der Waals surface area contributed by atoms with Gasteiger partial charge in [-0.2, -0.15) is 13.2 Å². The molecule has 0 fully saturated rings. The lowest BCUT2D eigenvalue weighted by molar-refractivity contribution is -0.137. The maximum Gasteiger partial charge on any atom is 0.417 e. The molecule has 0 spiro atoms. The minimum atomic E-state index is -4.45. The molecule has 0 saturated carbocycles. The molecule has 0 atom stereocenters. The summed E-state index contributed by atoms with van der Waals surface area (Å²) in [5, 5.41) is 0. The zero-order valence-electron chi connectivity index (χ0n) is 8.77. The Morgan fingerprint density at radius 1 is 1.38 bits per heavy atom. The molecule has 0 radical (unpaired) electrons. The Balaban J connectivity index is 3.08. The van der Waals surface area contributed by atoms with Gasteiger partial charge >= 0.3 is 6.18 Å². The maximum absolute atomic E-state index is 12.6. The summed E-state index contributed by atoms with van der Waals surface area (Å²) in [7, 11) is 0. The van der Waals surface area contributed by atoms with Gasteiger partial charge in [0, 0.05) is 5.56 Å². The zero-order valence-corrected chi connectivity index (χ0v) is 8.77. The van der Waals surface area contributed by atoms with E-state index in [0.717, 1.165) is 12.5 Å². The first-order chi connectivity index (χ1) is 7.49. The normalized spacial score (nSPS) is 10.9. The highest BCUT2D eigenvalue weighted by molar-refractivity contribution is 5.45. The van der Waals surface area contributed by atoms with Gasteiger partial charge in [-0.25, -0.2) is 0 Å². The Kier molecular flexibility index (Phi) is 3.83. The van der Waals surface area contributed by atoms with Gasteiger partial charge in [0.1, 0.15) is 5.75 Å². The molecule has 4 heteroatoms. The number of terminal acetylenes is 1. The summed E-state index contributed by atoms with van der Waals surface area (Å²) in [5.74, 6) is 2.20. The average Bonchev–Trinajstić information content (AvgIpc) is 2.24. The third-order valence-electron chi connectivity index (χ3n) is 1.92. The standard InChI is InChI=1S/C12H11F3O/c1-3-7-16-10-6-5-9(4-2)11(8-10)12(13,14)15/h2,5-6,8H,3,7H2,1H3. The van der Waals surface area contributed by atoms with Crippen LogP contribution in [0.25, 0.3) is 0 Å². The van der Waals surface area contributed by atoms with Gasteiger partial charge in [0.05, 0.1) is 12.2 Å². The Labute approximate surface area is 92.2 Å². The van der Waals surface area contributed by atoms with Gasteiger partial charge in [-0.05, 0) is 24.6 Å². The third kappa shape index (κ3) is 2.93. The monoisotopic (exact) mass is 228 g/mol. The van der Waals surface area contributed by atoms with E-state index in [1.807, 2.05) is 12.8 Å². The van der Waals surface area contributed by atoms with E-state index in [1.54, 1.807) is 0 Å². The van der Waals surface area contributed by atoms with Crippen LogP contribution in [0, 0.1) is 12.3 Å². The fourth-order valence-corrected chi connectivity index (χ4v) is 1.19. The molecule has 0 N–H and O–H groups in total. The first kappa shape index (κ1) is 12.4. The van der Waals surface area contributed by atoms with Crippen molar-refractivity contribution < 1.29 is 17.9 Å². The molecule has 1 nitrogen and oxygen atoms in total. The fraction of sp³-hybridized carbons (Fsp3) is 0.333. The summed E-state index contributed by atoms with van der Waals surface area (Å²) in [4.78, 5) is 0. The maximum atomic E-state index is 12.6. The summed E-state index contributed by atoms with van der Waals surface area (Å²) < 4.78 is 42.9. The predicted octanol–water partition coefficient (Wildman–Crippen LogP) is 3.48. The number of hydrogen-bond donors (Lipinski definition) is 0. The lowest BCUT2D eigenvalue weighted by Gasteiger charge is -2.11. The number of halogens is 3. The molecule has 0 aliphatic rings. The molecule has 86 valence electrons. The Bertz CT molecular complexity index is 402. The molecule has 0 amide bonds. The topological polar surface area (TPSA) is 9.23 Å². The molecule has 0 aliphatic carbocycles. The molecule has 0 heterocycles. The van der Waals surface area contributed by atoms with Gasteiger partial charge in [-0.1, -0.05) is 12.8 Å². The van der Waals surface area contributed by atoms with E-state index in [9.17, 15) is 13.2 Å². The highest BCUT2D eigenvalue weighted by Gasteiger charge is 2.33. The Hall–Kier alpha value is -1.63. The van der Waals surface area contributed by atoms with Crippen molar-refractivity contribution >= 4 is 0 Å². The van der Waals surface area contributed by atoms with Crippen LogP contribution in [0.4, 0.5) is 13.2 Å². The molecule has 0 bridgehead atoms. The molecular weight excluding hydrogens is 217 g/mol. The van der Waals surface area contributed by atoms with Crippen LogP contribution >= 0.6 is 0 Å². The second kappa shape index (κ2) is 4.93. The SMILES string of the molecule is C#Cc1ccc(OCCC)cc1C(F)(F)F. The van der Waals surface area contributed by atoms with Crippen molar-refractivity contribution in [3.63, 3.8) is 0 Å². The molecule has 1 aromatic rings. The summed E-state index contributed by atoms with van der Waals surface area (Å²) in [6.45, 7) is 2.26. The van der Waals surface area contributed by atoms with Gasteiger partial charge in [0.15, 0.2) is 0 Å². The van der Waals surface area contributed by atoms with E-state index >= 15 is 0 Å². The third-order valence-corrected chi connectivity index (χ3v) is 1.92. The number of rotatable bonds is 3. The molecule has 0 unspecified atom stereocenters. The lowest BCUT2D eigenvalue weighted by atomic mass is 10.1. The quantitative estimate of drug-likeness (QED) is 0.720. The van der Waals surface area contributed by atoms with Gasteiger partial charge in [-0.3, -0.25) is 0 Å². The van der Waals surface area contributed by atoms with Gasteiger partial charge in [0.2, 0.25) is 0 Å². The summed E-state index contributed by atoms with van der Waals surface area (Å²) >= 11 is 0. The van der Waals surface area contributed by atoms with Crippen molar-refractivity contribution in [3.05, 3.63) is 29.3 Å². The molecular formula is C12H11F3O. The van der Waals surface area contributed by atoms with Crippen molar-refractivity contribution in [2.45, 2.75) is 19.5 Å². The van der Waals surface area contributed by atoms with Crippen LogP contribution in [0.15, 0.2) is 18.2 Å². The Morgan fingerprint density at radius 3 is 2.56 bits per heavy atom. The molecule has 0 saturated heterocycles. The molecule has 1 rings (SSSR count). The van der Waals surface area contributed by atoms with Crippen LogP contribution in [0.1, 0.15) is 24.5 Å². The molecule has 0 aromatic heterocycles. The van der Waals surface area contributed by atoms with E-state index < -0.39 is 11.7 Å². The van der Waals surface area contributed by atoms with Gasteiger partial charge in [-0.15, -0.1) is 6.42 Å². The summed E-state index contributed by atoms with van der Waals surface area (Å²) in [6.07, 6.45) is 1.29. The fourth-order valence-electron chi connectivity index (χ4n) is 1.19. The van der Waals surface area contributed by atoms with Crippen molar-refractivity contribution in [1.29, 1.82) is 0 Å². The molecule has 16 heavy (non-hydrogen) atoms. The zero-order chi connectivity index (χ0) is 12.2. The first-order valence-corrected chi connectivity index (χ1v) is 4.79. The summed E-state index contributed by atoms with van der Waals surface area (Å²) in [5.41, 5.74) is -1.00. The minimum absolute atomic E-state index is 0.170. The molecule has 1 aromatic carbocycles. The molecule has 0 aliphatic heterocycles. The second-order valence-corrected chi connectivity index (χ2v) is 3.20. The van der Waals surface area contributed by atoms with Crippen LogP contribution in [0.3, 0.4) is 0 Å². The van der Waals surface area contributed by atoms with Crippen LogP contribution < -0.4 is 4.74 Å². The van der Waals surface area contributed by atoms with E-state index in [2.05, 4.69) is 0 Å². The smallest absolute Gasteiger partial charge is 0.417 e. The van der Waals surface area contributed by atoms with Gasteiger partial charge < -0.3 is 4.74 Å². The van der Waals surface area contributed by atoms with E-state index in [0.29, 0.717) is 6.61 Å². The minimum Gasteiger partial charge on any atom is -0.494 e. The average molecular weight is 228 g/mol. The number of alkyl halides is 3. The van der Waals surface area contributed by atoms with Crippen molar-refractivity contribution in [1.82, 2.24) is 0 Å². The van der Waals surface area contributed by atoms with E-state index in [-0.39, 0.29) is 11.3 Å². The number of benzene rings is 1. The highest BCUT2D eigenvalue weighted by Crippen LogP contribution is 2.34. The highest BCUT2D eigenvalue weighted by atomic mass is 19.4. The lowest BCUT2D eigenvalue weighted by Crippen LogP contribution is -2.08. The predicted molar refractivity (Wildman–Crippen MR) is 55.2 cm³/mol. The van der Waals surface area contributed by atoms with Crippen molar-refractivity contribution in [2.75, 3.05) is 6.61 Å². The first-order valence-electron chi connectivity index (χ1n) is 4.79. The van der Waals surface area contributed by atoms with Crippen LogP contribution in [0.2, 0.25) is 0 Å². The van der Waals surface area contributed by atoms with Crippen LogP contribution in [-0.2, 0) is 6.18 Å². The van der Waals surface area contributed by atoms with Crippen LogP contribution in [-0.4, -0.2) is 6.61 Å².